The van der Waals surface area contributed by atoms with E-state index in [1.807, 2.05) is 12.1 Å². The third-order valence-electron chi connectivity index (χ3n) is 4.26. The molecule has 0 bridgehead atoms. The van der Waals surface area contributed by atoms with Gasteiger partial charge in [0.15, 0.2) is 0 Å². The topological polar surface area (TPSA) is 78.0 Å². The molecule has 0 fully saturated rings. The number of carbonyl (C=O) groups excluding carboxylic acids is 1. The number of aromatic nitrogens is 2. The van der Waals surface area contributed by atoms with E-state index in [1.54, 1.807) is 49.8 Å². The summed E-state index contributed by atoms with van der Waals surface area (Å²) in [6, 6.07) is 13.4. The highest BCUT2D eigenvalue weighted by Crippen LogP contribution is 2.19. The van der Waals surface area contributed by atoms with Crippen molar-refractivity contribution in [1.29, 1.82) is 0 Å². The van der Waals surface area contributed by atoms with E-state index in [9.17, 15) is 14.3 Å². The first-order valence-electron chi connectivity index (χ1n) is 8.26. The Morgan fingerprint density at radius 2 is 1.96 bits per heavy atom. The summed E-state index contributed by atoms with van der Waals surface area (Å²) in [4.78, 5) is 19.5. The lowest BCUT2D eigenvalue weighted by molar-refractivity contribution is 0.0851. The Balaban J connectivity index is 1.73. The number of carbonyl (C=O) groups is 1. The number of nitrogens with one attached hydrogen (secondary N) is 2. The van der Waals surface area contributed by atoms with Crippen molar-refractivity contribution in [2.45, 2.75) is 18.9 Å². The fourth-order valence-corrected chi connectivity index (χ4v) is 2.76. The number of amides is 1. The molecule has 0 aliphatic carbocycles. The van der Waals surface area contributed by atoms with Crippen LogP contribution < -0.4 is 5.32 Å². The number of nitrogens with zero attached hydrogens (tertiary/aromatic N) is 1. The molecule has 1 heterocycles. The van der Waals surface area contributed by atoms with E-state index in [1.165, 1.54) is 6.07 Å². The van der Waals surface area contributed by atoms with Crippen molar-refractivity contribution >= 4 is 5.91 Å². The predicted molar refractivity (Wildman–Crippen MR) is 97.1 cm³/mol. The van der Waals surface area contributed by atoms with Crippen LogP contribution in [0.3, 0.4) is 0 Å². The Morgan fingerprint density at radius 3 is 2.58 bits per heavy atom. The molecule has 0 radical (unpaired) electrons. The summed E-state index contributed by atoms with van der Waals surface area (Å²) in [5.41, 5.74) is 1.70. The molecule has 1 atom stereocenters. The van der Waals surface area contributed by atoms with Crippen molar-refractivity contribution < 1.29 is 14.3 Å². The molecule has 26 heavy (non-hydrogen) atoms. The highest BCUT2D eigenvalue weighted by molar-refractivity contribution is 5.95. The minimum atomic E-state index is -0.971. The molecule has 5 nitrogen and oxygen atoms in total. The number of aliphatic hydroxyl groups is 1. The maximum Gasteiger partial charge on any atom is 0.251 e. The summed E-state index contributed by atoms with van der Waals surface area (Å²) in [6.07, 6.45) is 3.48. The zero-order valence-corrected chi connectivity index (χ0v) is 14.4. The van der Waals surface area contributed by atoms with E-state index in [-0.39, 0.29) is 24.8 Å². The van der Waals surface area contributed by atoms with Gasteiger partial charge in [-0.15, -0.1) is 0 Å². The Morgan fingerprint density at radius 1 is 1.23 bits per heavy atom. The molecule has 0 saturated heterocycles. The number of aromatic amines is 1. The van der Waals surface area contributed by atoms with Crippen LogP contribution >= 0.6 is 0 Å². The van der Waals surface area contributed by atoms with Gasteiger partial charge in [0.25, 0.3) is 5.91 Å². The Kier molecular flexibility index (Phi) is 5.14. The van der Waals surface area contributed by atoms with Crippen LogP contribution in [0.25, 0.3) is 11.3 Å². The smallest absolute Gasteiger partial charge is 0.251 e. The van der Waals surface area contributed by atoms with Crippen LogP contribution in [0, 0.1) is 5.82 Å². The third kappa shape index (κ3) is 3.97. The molecule has 1 amide bonds. The molecule has 0 spiro atoms. The lowest BCUT2D eigenvalue weighted by Gasteiger charge is -2.29. The van der Waals surface area contributed by atoms with E-state index in [0.29, 0.717) is 11.1 Å². The number of hydrogen-bond acceptors (Lipinski definition) is 3. The van der Waals surface area contributed by atoms with Crippen LogP contribution in [-0.4, -0.2) is 33.1 Å². The number of aliphatic hydroxyl groups excluding tert-OH is 1. The fourth-order valence-electron chi connectivity index (χ4n) is 2.76. The standard InChI is InChI=1S/C20H20FN3O2/c1-20(12-25,10-16-4-2-3-5-17(16)21)24-19(26)15-8-6-14(7-9-15)18-11-22-13-23-18/h2-9,11,13,25H,10,12H2,1H3,(H,22,23)(H,24,26). The average Bonchev–Trinajstić information content (AvgIpc) is 3.18. The first-order chi connectivity index (χ1) is 12.5. The van der Waals surface area contributed by atoms with Crippen LogP contribution in [0.15, 0.2) is 61.1 Å². The second kappa shape index (κ2) is 7.49. The van der Waals surface area contributed by atoms with E-state index in [0.717, 1.165) is 11.3 Å². The van der Waals surface area contributed by atoms with Gasteiger partial charge in [0, 0.05) is 12.0 Å². The lowest BCUT2D eigenvalue weighted by atomic mass is 9.92. The summed E-state index contributed by atoms with van der Waals surface area (Å²) >= 11 is 0. The minimum absolute atomic E-state index is 0.189. The van der Waals surface area contributed by atoms with Gasteiger partial charge < -0.3 is 15.4 Å². The highest BCUT2D eigenvalue weighted by Gasteiger charge is 2.27. The molecule has 2 aromatic carbocycles. The Hall–Kier alpha value is -2.99. The van der Waals surface area contributed by atoms with Gasteiger partial charge in [0.05, 0.1) is 30.4 Å². The van der Waals surface area contributed by atoms with E-state index in [2.05, 4.69) is 15.3 Å². The summed E-state index contributed by atoms with van der Waals surface area (Å²) in [6.45, 7) is 1.38. The molecule has 3 N–H and O–H groups in total. The SMILES string of the molecule is CC(CO)(Cc1ccccc1F)NC(=O)c1ccc(-c2cnc[nH]2)cc1. The maximum absolute atomic E-state index is 13.9. The van der Waals surface area contributed by atoms with Crippen molar-refractivity contribution in [2.75, 3.05) is 6.61 Å². The average molecular weight is 353 g/mol. The van der Waals surface area contributed by atoms with Crippen LogP contribution in [0.5, 0.6) is 0 Å². The summed E-state index contributed by atoms with van der Waals surface area (Å²) in [7, 11) is 0. The molecule has 1 aromatic heterocycles. The van der Waals surface area contributed by atoms with Gasteiger partial charge in [-0.05, 0) is 36.2 Å². The van der Waals surface area contributed by atoms with Crippen molar-refractivity contribution in [3.63, 3.8) is 0 Å². The van der Waals surface area contributed by atoms with Gasteiger partial charge in [-0.1, -0.05) is 30.3 Å². The number of halogens is 1. The van der Waals surface area contributed by atoms with Crippen molar-refractivity contribution in [2.24, 2.45) is 0 Å². The van der Waals surface area contributed by atoms with E-state index in [4.69, 9.17) is 0 Å². The molecular weight excluding hydrogens is 333 g/mol. The van der Waals surface area contributed by atoms with Gasteiger partial charge in [0.2, 0.25) is 0 Å². The first kappa shape index (κ1) is 17.8. The van der Waals surface area contributed by atoms with Crippen LogP contribution in [0.2, 0.25) is 0 Å². The fraction of sp³-hybridized carbons (Fsp3) is 0.200. The second-order valence-corrected chi connectivity index (χ2v) is 6.48. The van der Waals surface area contributed by atoms with Crippen LogP contribution in [0.1, 0.15) is 22.8 Å². The zero-order valence-electron chi connectivity index (χ0n) is 14.4. The molecular formula is C20H20FN3O2. The first-order valence-corrected chi connectivity index (χ1v) is 8.26. The normalized spacial score (nSPS) is 13.2. The predicted octanol–water partition coefficient (Wildman–Crippen LogP) is 2.94. The monoisotopic (exact) mass is 353 g/mol. The quantitative estimate of drug-likeness (QED) is 0.638. The van der Waals surface area contributed by atoms with E-state index < -0.39 is 5.54 Å². The second-order valence-electron chi connectivity index (χ2n) is 6.48. The number of hydrogen-bond donors (Lipinski definition) is 3. The van der Waals surface area contributed by atoms with Crippen LogP contribution in [0.4, 0.5) is 4.39 Å². The summed E-state index contributed by atoms with van der Waals surface area (Å²) in [5, 5.41) is 12.6. The number of H-pyrrole nitrogens is 1. The van der Waals surface area contributed by atoms with Crippen molar-refractivity contribution in [1.82, 2.24) is 15.3 Å². The van der Waals surface area contributed by atoms with Gasteiger partial charge in [-0.2, -0.15) is 0 Å². The molecule has 134 valence electrons. The zero-order chi connectivity index (χ0) is 18.6. The van der Waals surface area contributed by atoms with E-state index >= 15 is 0 Å². The molecule has 6 heteroatoms. The molecule has 3 rings (SSSR count). The van der Waals surface area contributed by atoms with Crippen molar-refractivity contribution in [3.8, 4) is 11.3 Å². The molecule has 1 unspecified atom stereocenters. The van der Waals surface area contributed by atoms with Crippen LogP contribution in [-0.2, 0) is 6.42 Å². The lowest BCUT2D eigenvalue weighted by Crippen LogP contribution is -2.50. The molecule has 3 aromatic rings. The van der Waals surface area contributed by atoms with Gasteiger partial charge in [-0.25, -0.2) is 9.37 Å². The van der Waals surface area contributed by atoms with Gasteiger partial charge in [0.1, 0.15) is 5.82 Å². The van der Waals surface area contributed by atoms with Gasteiger partial charge in [-0.3, -0.25) is 4.79 Å². The maximum atomic E-state index is 13.9. The summed E-state index contributed by atoms with van der Waals surface area (Å²) < 4.78 is 13.9. The number of rotatable bonds is 6. The highest BCUT2D eigenvalue weighted by atomic mass is 19.1. The number of imidazole rings is 1. The minimum Gasteiger partial charge on any atom is -0.394 e. The molecule has 0 saturated carbocycles. The Bertz CT molecular complexity index is 878. The largest absolute Gasteiger partial charge is 0.394 e. The van der Waals surface area contributed by atoms with Crippen molar-refractivity contribution in [3.05, 3.63) is 78.0 Å². The Labute approximate surface area is 150 Å². The molecule has 0 aliphatic rings. The third-order valence-corrected chi connectivity index (χ3v) is 4.26. The van der Waals surface area contributed by atoms with Gasteiger partial charge >= 0.3 is 0 Å². The molecule has 0 aliphatic heterocycles. The summed E-state index contributed by atoms with van der Waals surface area (Å²) in [5.74, 6) is -0.681. The number of benzene rings is 2.